The van der Waals surface area contributed by atoms with Crippen LogP contribution < -0.4 is 5.32 Å². The average Bonchev–Trinajstić information content (AvgIpc) is 2.28. The second-order valence-electron chi connectivity index (χ2n) is 3.36. The monoisotopic (exact) mass is 152 g/mol. The van der Waals surface area contributed by atoms with E-state index in [1.807, 2.05) is 0 Å². The maximum atomic E-state index is 3.50. The summed E-state index contributed by atoms with van der Waals surface area (Å²) in [6, 6.07) is 0. The van der Waals surface area contributed by atoms with Gasteiger partial charge in [0.25, 0.3) is 0 Å². The molecule has 11 heavy (non-hydrogen) atoms. The summed E-state index contributed by atoms with van der Waals surface area (Å²) in [6.07, 6.45) is 9.06. The fourth-order valence-electron chi connectivity index (χ4n) is 1.88. The molecule has 0 aromatic carbocycles. The fraction of sp³-hybridized carbons (Fsp3) is 0.778. The molecule has 0 amide bonds. The van der Waals surface area contributed by atoms with Crippen LogP contribution in [0.1, 0.15) is 19.3 Å². The Morgan fingerprint density at radius 3 is 3.18 bits per heavy atom. The molecule has 0 aliphatic carbocycles. The van der Waals surface area contributed by atoms with E-state index >= 15 is 0 Å². The van der Waals surface area contributed by atoms with E-state index in [1.54, 1.807) is 0 Å². The fourth-order valence-corrected chi connectivity index (χ4v) is 1.88. The Morgan fingerprint density at radius 1 is 1.27 bits per heavy atom. The third-order valence-corrected chi connectivity index (χ3v) is 2.50. The molecule has 0 radical (unpaired) electrons. The van der Waals surface area contributed by atoms with Crippen LogP contribution in [-0.2, 0) is 0 Å². The molecule has 1 unspecified atom stereocenters. The van der Waals surface area contributed by atoms with Crippen molar-refractivity contribution in [3.63, 3.8) is 0 Å². The summed E-state index contributed by atoms with van der Waals surface area (Å²) in [4.78, 5) is 2.53. The Morgan fingerprint density at radius 2 is 2.18 bits per heavy atom. The highest BCUT2D eigenvalue weighted by Gasteiger charge is 2.19. The van der Waals surface area contributed by atoms with Crippen LogP contribution in [0, 0.1) is 0 Å². The zero-order valence-corrected chi connectivity index (χ0v) is 6.92. The van der Waals surface area contributed by atoms with Crippen molar-refractivity contribution in [2.24, 2.45) is 0 Å². The van der Waals surface area contributed by atoms with Crippen molar-refractivity contribution in [3.05, 3.63) is 12.2 Å². The van der Waals surface area contributed by atoms with Gasteiger partial charge in [-0.1, -0.05) is 12.2 Å². The third kappa shape index (κ3) is 1.63. The summed E-state index contributed by atoms with van der Waals surface area (Å²) in [5.41, 5.74) is 0. The molecule has 1 fully saturated rings. The van der Waals surface area contributed by atoms with Crippen molar-refractivity contribution in [3.8, 4) is 0 Å². The lowest BCUT2D eigenvalue weighted by Crippen LogP contribution is -2.49. The lowest BCUT2D eigenvalue weighted by molar-refractivity contribution is 0.167. The molecule has 1 atom stereocenters. The quantitative estimate of drug-likeness (QED) is 0.520. The largest absolute Gasteiger partial charge is 0.298 e. The maximum Gasteiger partial charge on any atom is 0.0789 e. The SMILES string of the molecule is C1=CC2NCCCN2CCC1. The summed E-state index contributed by atoms with van der Waals surface area (Å²) < 4.78 is 0. The van der Waals surface area contributed by atoms with E-state index in [9.17, 15) is 0 Å². The molecule has 2 nitrogen and oxygen atoms in total. The van der Waals surface area contributed by atoms with Crippen molar-refractivity contribution in [1.29, 1.82) is 0 Å². The highest BCUT2D eigenvalue weighted by Crippen LogP contribution is 2.11. The zero-order chi connectivity index (χ0) is 7.52. The number of fused-ring (bicyclic) bond motifs is 1. The first-order valence-electron chi connectivity index (χ1n) is 4.61. The number of hydrogen-bond donors (Lipinski definition) is 1. The Labute approximate surface area is 68.3 Å². The van der Waals surface area contributed by atoms with E-state index in [-0.39, 0.29) is 0 Å². The minimum absolute atomic E-state index is 0.547. The van der Waals surface area contributed by atoms with E-state index in [2.05, 4.69) is 22.4 Å². The minimum atomic E-state index is 0.547. The number of rotatable bonds is 0. The molecule has 2 rings (SSSR count). The normalized spacial score (nSPS) is 32.9. The standard InChI is InChI=1S/C9H16N2/c1-2-5-9-10-6-4-8-11(9)7-3-1/h2,5,9-10H,1,3-4,6-8H2. The molecular formula is C9H16N2. The average molecular weight is 152 g/mol. The van der Waals surface area contributed by atoms with Crippen molar-refractivity contribution in [2.45, 2.75) is 25.4 Å². The van der Waals surface area contributed by atoms with Crippen LogP contribution in [0.3, 0.4) is 0 Å². The predicted molar refractivity (Wildman–Crippen MR) is 46.4 cm³/mol. The van der Waals surface area contributed by atoms with Gasteiger partial charge in [0, 0.05) is 13.1 Å². The van der Waals surface area contributed by atoms with Crippen LogP contribution in [-0.4, -0.2) is 30.7 Å². The van der Waals surface area contributed by atoms with Gasteiger partial charge in [-0.25, -0.2) is 0 Å². The summed E-state index contributed by atoms with van der Waals surface area (Å²) in [5.74, 6) is 0. The first kappa shape index (κ1) is 7.32. The molecule has 0 bridgehead atoms. The molecule has 62 valence electrons. The Balaban J connectivity index is 2.02. The molecule has 0 saturated carbocycles. The van der Waals surface area contributed by atoms with E-state index < -0.39 is 0 Å². The summed E-state index contributed by atoms with van der Waals surface area (Å²) in [5, 5.41) is 3.50. The van der Waals surface area contributed by atoms with Gasteiger partial charge in [-0.15, -0.1) is 0 Å². The molecule has 0 aromatic rings. The molecule has 1 saturated heterocycles. The maximum absolute atomic E-state index is 3.50. The van der Waals surface area contributed by atoms with Crippen LogP contribution in [0.5, 0.6) is 0 Å². The zero-order valence-electron chi connectivity index (χ0n) is 6.92. The van der Waals surface area contributed by atoms with Crippen LogP contribution in [0.4, 0.5) is 0 Å². The number of nitrogens with one attached hydrogen (secondary N) is 1. The van der Waals surface area contributed by atoms with Gasteiger partial charge in [-0.2, -0.15) is 0 Å². The van der Waals surface area contributed by atoms with E-state index in [4.69, 9.17) is 0 Å². The van der Waals surface area contributed by atoms with Crippen molar-refractivity contribution in [2.75, 3.05) is 19.6 Å². The molecule has 2 heterocycles. The molecule has 2 aliphatic rings. The predicted octanol–water partition coefficient (Wildman–Crippen LogP) is 0.958. The van der Waals surface area contributed by atoms with Crippen LogP contribution in [0.25, 0.3) is 0 Å². The second kappa shape index (κ2) is 3.37. The smallest absolute Gasteiger partial charge is 0.0789 e. The highest BCUT2D eigenvalue weighted by molar-refractivity contribution is 4.97. The second-order valence-corrected chi connectivity index (χ2v) is 3.36. The first-order valence-corrected chi connectivity index (χ1v) is 4.61. The van der Waals surface area contributed by atoms with Crippen molar-refractivity contribution < 1.29 is 0 Å². The van der Waals surface area contributed by atoms with E-state index in [0.717, 1.165) is 0 Å². The van der Waals surface area contributed by atoms with Crippen molar-refractivity contribution >= 4 is 0 Å². The Hall–Kier alpha value is -0.340. The van der Waals surface area contributed by atoms with Gasteiger partial charge in [0.2, 0.25) is 0 Å². The lowest BCUT2D eigenvalue weighted by Gasteiger charge is -2.33. The first-order chi connectivity index (χ1) is 5.47. The summed E-state index contributed by atoms with van der Waals surface area (Å²) >= 11 is 0. The topological polar surface area (TPSA) is 15.3 Å². The highest BCUT2D eigenvalue weighted by atomic mass is 15.3. The Kier molecular flexibility index (Phi) is 2.24. The molecule has 2 aliphatic heterocycles. The van der Waals surface area contributed by atoms with E-state index in [1.165, 1.54) is 38.9 Å². The molecule has 1 N–H and O–H groups in total. The van der Waals surface area contributed by atoms with Crippen molar-refractivity contribution in [1.82, 2.24) is 10.2 Å². The number of allylic oxidation sites excluding steroid dienone is 1. The van der Waals surface area contributed by atoms with Gasteiger partial charge in [-0.05, 0) is 25.8 Å². The summed E-state index contributed by atoms with van der Waals surface area (Å²) in [7, 11) is 0. The lowest BCUT2D eigenvalue weighted by atomic mass is 10.2. The van der Waals surface area contributed by atoms with Crippen LogP contribution in [0.2, 0.25) is 0 Å². The van der Waals surface area contributed by atoms with Crippen LogP contribution in [0.15, 0.2) is 12.2 Å². The molecule has 0 aromatic heterocycles. The third-order valence-electron chi connectivity index (χ3n) is 2.50. The van der Waals surface area contributed by atoms with Gasteiger partial charge >= 0.3 is 0 Å². The van der Waals surface area contributed by atoms with Gasteiger partial charge < -0.3 is 0 Å². The number of hydrogen-bond acceptors (Lipinski definition) is 2. The number of nitrogens with zero attached hydrogens (tertiary/aromatic N) is 1. The summed E-state index contributed by atoms with van der Waals surface area (Å²) in [6.45, 7) is 3.73. The van der Waals surface area contributed by atoms with Gasteiger partial charge in [0.05, 0.1) is 6.17 Å². The van der Waals surface area contributed by atoms with Gasteiger partial charge in [0.1, 0.15) is 0 Å². The molecule has 2 heteroatoms. The minimum Gasteiger partial charge on any atom is -0.298 e. The van der Waals surface area contributed by atoms with Gasteiger partial charge in [-0.3, -0.25) is 10.2 Å². The van der Waals surface area contributed by atoms with E-state index in [0.29, 0.717) is 6.17 Å². The van der Waals surface area contributed by atoms with Gasteiger partial charge in [0.15, 0.2) is 0 Å². The Bertz CT molecular complexity index is 154. The molecule has 0 spiro atoms. The molecular weight excluding hydrogens is 136 g/mol. The van der Waals surface area contributed by atoms with Crippen LogP contribution >= 0.6 is 0 Å².